The van der Waals surface area contributed by atoms with Crippen LogP contribution in [0.15, 0.2) is 36.4 Å². The lowest BCUT2D eigenvalue weighted by Gasteiger charge is -2.26. The summed E-state index contributed by atoms with van der Waals surface area (Å²) in [5, 5.41) is 0.864. The predicted octanol–water partition coefficient (Wildman–Crippen LogP) is 4.30. The van der Waals surface area contributed by atoms with Gasteiger partial charge < -0.3 is 4.74 Å². The topological polar surface area (TPSA) is 22.1 Å². The first kappa shape index (κ1) is 11.8. The lowest BCUT2D eigenvalue weighted by Crippen LogP contribution is -2.15. The van der Waals surface area contributed by atoms with Crippen molar-refractivity contribution >= 4 is 23.2 Å². The third-order valence-electron chi connectivity index (χ3n) is 3.15. The van der Waals surface area contributed by atoms with Crippen LogP contribution in [0.5, 0.6) is 5.75 Å². The number of rotatable bonds is 1. The van der Waals surface area contributed by atoms with Crippen molar-refractivity contribution in [2.45, 2.75) is 12.3 Å². The molecule has 0 saturated carbocycles. The third-order valence-corrected chi connectivity index (χ3v) is 3.53. The Bertz CT molecular complexity index is 566. The summed E-state index contributed by atoms with van der Waals surface area (Å²) >= 11 is 11.9. The molecule has 1 atom stereocenters. The maximum absolute atomic E-state index is 5.97. The van der Waals surface area contributed by atoms with E-state index in [4.69, 9.17) is 27.9 Å². The van der Waals surface area contributed by atoms with E-state index in [1.54, 1.807) is 0 Å². The molecule has 1 aromatic heterocycles. The van der Waals surface area contributed by atoms with Gasteiger partial charge in [0.05, 0.1) is 6.61 Å². The second-order valence-electron chi connectivity index (χ2n) is 4.27. The minimum absolute atomic E-state index is 0.271. The molecule has 1 aliphatic rings. The monoisotopic (exact) mass is 279 g/mol. The largest absolute Gasteiger partial charge is 0.493 e. The van der Waals surface area contributed by atoms with Crippen LogP contribution in [0.1, 0.15) is 23.5 Å². The fraction of sp³-hybridized carbons (Fsp3) is 0.214. The maximum atomic E-state index is 5.97. The van der Waals surface area contributed by atoms with Gasteiger partial charge in [0.2, 0.25) is 0 Å². The summed E-state index contributed by atoms with van der Waals surface area (Å²) in [6, 6.07) is 11.8. The van der Waals surface area contributed by atoms with Gasteiger partial charge in [-0.15, -0.1) is 0 Å². The molecule has 2 heterocycles. The molecule has 0 N–H and O–H groups in total. The Labute approximate surface area is 116 Å². The van der Waals surface area contributed by atoms with Gasteiger partial charge in [0.1, 0.15) is 16.1 Å². The molecule has 0 spiro atoms. The first-order valence-corrected chi connectivity index (χ1v) is 6.54. The van der Waals surface area contributed by atoms with Crippen molar-refractivity contribution in [3.8, 4) is 5.75 Å². The molecule has 1 aliphatic heterocycles. The summed E-state index contributed by atoms with van der Waals surface area (Å²) in [5.41, 5.74) is 2.28. The van der Waals surface area contributed by atoms with E-state index in [9.17, 15) is 0 Å². The molecule has 0 bridgehead atoms. The lowest BCUT2D eigenvalue weighted by molar-refractivity contribution is 0.277. The second-order valence-corrected chi connectivity index (χ2v) is 5.05. The van der Waals surface area contributed by atoms with Crippen molar-refractivity contribution in [2.75, 3.05) is 6.61 Å². The zero-order valence-corrected chi connectivity index (χ0v) is 11.1. The summed E-state index contributed by atoms with van der Waals surface area (Å²) < 4.78 is 5.65. The van der Waals surface area contributed by atoms with Gasteiger partial charge in [0.25, 0.3) is 0 Å². The van der Waals surface area contributed by atoms with E-state index < -0.39 is 0 Å². The standard InChI is InChI=1S/C14H11Cl2NO/c15-13-7-9(8-14(16)17-13)10-5-6-18-12-4-2-1-3-11(10)12/h1-4,7-8,10H,5-6H2. The Morgan fingerprint density at radius 2 is 1.83 bits per heavy atom. The van der Waals surface area contributed by atoms with Crippen LogP contribution in [0.2, 0.25) is 10.3 Å². The highest BCUT2D eigenvalue weighted by Crippen LogP contribution is 2.38. The van der Waals surface area contributed by atoms with E-state index >= 15 is 0 Å². The maximum Gasteiger partial charge on any atom is 0.131 e. The molecule has 2 aromatic rings. The molecule has 3 rings (SSSR count). The van der Waals surface area contributed by atoms with Crippen LogP contribution in [0, 0.1) is 0 Å². The highest BCUT2D eigenvalue weighted by Gasteiger charge is 2.23. The molecule has 1 aromatic carbocycles. The number of pyridine rings is 1. The average Bonchev–Trinajstić information content (AvgIpc) is 2.37. The zero-order valence-electron chi connectivity index (χ0n) is 9.57. The SMILES string of the molecule is Clc1cc(C2CCOc3ccccc32)cc(Cl)n1. The normalized spacial score (nSPS) is 18.0. The van der Waals surface area contributed by atoms with Crippen molar-refractivity contribution in [1.82, 2.24) is 4.98 Å². The smallest absolute Gasteiger partial charge is 0.131 e. The van der Waals surface area contributed by atoms with Crippen molar-refractivity contribution in [3.63, 3.8) is 0 Å². The van der Waals surface area contributed by atoms with Gasteiger partial charge in [-0.1, -0.05) is 41.4 Å². The number of ether oxygens (including phenoxy) is 1. The fourth-order valence-electron chi connectivity index (χ4n) is 2.37. The summed E-state index contributed by atoms with van der Waals surface area (Å²) in [5.74, 6) is 1.21. The number of aromatic nitrogens is 1. The molecule has 0 fully saturated rings. The van der Waals surface area contributed by atoms with E-state index in [2.05, 4.69) is 11.1 Å². The Hall–Kier alpha value is -1.25. The molecule has 0 amide bonds. The summed E-state index contributed by atoms with van der Waals surface area (Å²) in [6.07, 6.45) is 0.924. The first-order chi connectivity index (χ1) is 8.74. The van der Waals surface area contributed by atoms with Gasteiger partial charge in [-0.25, -0.2) is 4.98 Å². The lowest BCUT2D eigenvalue weighted by atomic mass is 9.87. The van der Waals surface area contributed by atoms with Crippen LogP contribution in [0.25, 0.3) is 0 Å². The van der Waals surface area contributed by atoms with Gasteiger partial charge in [-0.3, -0.25) is 0 Å². The molecular weight excluding hydrogens is 269 g/mol. The van der Waals surface area contributed by atoms with Crippen molar-refractivity contribution in [3.05, 3.63) is 57.8 Å². The van der Waals surface area contributed by atoms with Gasteiger partial charge in [0, 0.05) is 11.5 Å². The van der Waals surface area contributed by atoms with Crippen LogP contribution in [-0.4, -0.2) is 11.6 Å². The Morgan fingerprint density at radius 3 is 2.61 bits per heavy atom. The summed E-state index contributed by atoms with van der Waals surface area (Å²) in [7, 11) is 0. The van der Waals surface area contributed by atoms with Gasteiger partial charge in [0.15, 0.2) is 0 Å². The van der Waals surface area contributed by atoms with Gasteiger partial charge >= 0.3 is 0 Å². The molecule has 4 heteroatoms. The average molecular weight is 280 g/mol. The van der Waals surface area contributed by atoms with E-state index in [-0.39, 0.29) is 5.92 Å². The summed E-state index contributed by atoms with van der Waals surface area (Å²) in [4.78, 5) is 3.98. The number of nitrogens with zero attached hydrogens (tertiary/aromatic N) is 1. The minimum Gasteiger partial charge on any atom is -0.493 e. The molecule has 0 saturated heterocycles. The van der Waals surface area contributed by atoms with Crippen LogP contribution in [0.4, 0.5) is 0 Å². The quantitative estimate of drug-likeness (QED) is 0.726. The highest BCUT2D eigenvalue weighted by molar-refractivity contribution is 6.32. The fourth-order valence-corrected chi connectivity index (χ4v) is 2.85. The van der Waals surface area contributed by atoms with Crippen molar-refractivity contribution < 1.29 is 4.74 Å². The van der Waals surface area contributed by atoms with Crippen LogP contribution < -0.4 is 4.74 Å². The van der Waals surface area contributed by atoms with Crippen molar-refractivity contribution in [1.29, 1.82) is 0 Å². The number of halogens is 2. The minimum atomic E-state index is 0.271. The molecule has 1 unspecified atom stereocenters. The van der Waals surface area contributed by atoms with E-state index in [0.29, 0.717) is 16.9 Å². The highest BCUT2D eigenvalue weighted by atomic mass is 35.5. The van der Waals surface area contributed by atoms with Crippen LogP contribution in [0.3, 0.4) is 0 Å². The molecule has 0 radical (unpaired) electrons. The summed E-state index contributed by atoms with van der Waals surface area (Å²) in [6.45, 7) is 0.708. The number of benzene rings is 1. The zero-order chi connectivity index (χ0) is 12.5. The van der Waals surface area contributed by atoms with Crippen LogP contribution in [-0.2, 0) is 0 Å². The Balaban J connectivity index is 2.08. The number of hydrogen-bond acceptors (Lipinski definition) is 2. The van der Waals surface area contributed by atoms with E-state index in [1.165, 1.54) is 5.56 Å². The Morgan fingerprint density at radius 1 is 1.11 bits per heavy atom. The number of hydrogen-bond donors (Lipinski definition) is 0. The van der Waals surface area contributed by atoms with Crippen molar-refractivity contribution in [2.24, 2.45) is 0 Å². The molecule has 2 nitrogen and oxygen atoms in total. The van der Waals surface area contributed by atoms with E-state index in [1.807, 2.05) is 30.3 Å². The van der Waals surface area contributed by atoms with Crippen LogP contribution >= 0.6 is 23.2 Å². The van der Waals surface area contributed by atoms with Gasteiger partial charge in [-0.2, -0.15) is 0 Å². The molecule has 0 aliphatic carbocycles. The predicted molar refractivity (Wildman–Crippen MR) is 72.7 cm³/mol. The molecule has 92 valence electrons. The number of para-hydroxylation sites is 1. The molecular formula is C14H11Cl2NO. The number of fused-ring (bicyclic) bond motifs is 1. The Kier molecular flexibility index (Phi) is 3.14. The molecule has 18 heavy (non-hydrogen) atoms. The third kappa shape index (κ3) is 2.18. The first-order valence-electron chi connectivity index (χ1n) is 5.79. The van der Waals surface area contributed by atoms with Gasteiger partial charge in [-0.05, 0) is 30.2 Å². The second kappa shape index (κ2) is 4.79. The van der Waals surface area contributed by atoms with E-state index in [0.717, 1.165) is 17.7 Å².